The lowest BCUT2D eigenvalue weighted by Gasteiger charge is -2.27. The zero-order chi connectivity index (χ0) is 15.0. The van der Waals surface area contributed by atoms with Gasteiger partial charge in [-0.2, -0.15) is 0 Å². The fourth-order valence-corrected chi connectivity index (χ4v) is 3.02. The molecule has 0 saturated heterocycles. The quantitative estimate of drug-likeness (QED) is 0.639. The van der Waals surface area contributed by atoms with E-state index in [0.717, 1.165) is 25.4 Å². The third kappa shape index (κ3) is 5.80. The molecule has 1 aliphatic carbocycles. The lowest BCUT2D eigenvalue weighted by molar-refractivity contribution is -0.144. The van der Waals surface area contributed by atoms with Gasteiger partial charge in [-0.05, 0) is 51.5 Å². The summed E-state index contributed by atoms with van der Waals surface area (Å²) in [5.41, 5.74) is -0.798. The van der Waals surface area contributed by atoms with Gasteiger partial charge in [0, 0.05) is 6.61 Å². The highest BCUT2D eigenvalue weighted by Crippen LogP contribution is 2.26. The van der Waals surface area contributed by atoms with E-state index < -0.39 is 11.5 Å². The summed E-state index contributed by atoms with van der Waals surface area (Å²) in [5, 5.41) is 12.3. The summed E-state index contributed by atoms with van der Waals surface area (Å²) in [6.07, 6.45) is 7.90. The Morgan fingerprint density at radius 2 is 2.15 bits per heavy atom. The SMILES string of the molecule is CCNC(C)(CCCCOC1CCCC(C)C1)C(=O)O. The van der Waals surface area contributed by atoms with E-state index >= 15 is 0 Å². The van der Waals surface area contributed by atoms with Gasteiger partial charge in [-0.3, -0.25) is 4.79 Å². The van der Waals surface area contributed by atoms with Crippen molar-refractivity contribution >= 4 is 5.97 Å². The van der Waals surface area contributed by atoms with Gasteiger partial charge in [-0.25, -0.2) is 0 Å². The number of aliphatic carboxylic acids is 1. The van der Waals surface area contributed by atoms with Crippen molar-refractivity contribution in [3.63, 3.8) is 0 Å². The van der Waals surface area contributed by atoms with E-state index in [1.165, 1.54) is 25.7 Å². The molecule has 1 aliphatic rings. The van der Waals surface area contributed by atoms with Gasteiger partial charge in [0.2, 0.25) is 0 Å². The van der Waals surface area contributed by atoms with E-state index in [-0.39, 0.29) is 0 Å². The minimum Gasteiger partial charge on any atom is -0.480 e. The van der Waals surface area contributed by atoms with Gasteiger partial charge in [0.1, 0.15) is 5.54 Å². The van der Waals surface area contributed by atoms with Gasteiger partial charge in [0.15, 0.2) is 0 Å². The van der Waals surface area contributed by atoms with Crippen LogP contribution in [-0.2, 0) is 9.53 Å². The number of ether oxygens (including phenoxy) is 1. The van der Waals surface area contributed by atoms with E-state index in [2.05, 4.69) is 12.2 Å². The molecule has 4 heteroatoms. The van der Waals surface area contributed by atoms with Crippen molar-refractivity contribution in [2.24, 2.45) is 5.92 Å². The molecule has 2 N–H and O–H groups in total. The monoisotopic (exact) mass is 285 g/mol. The molecule has 118 valence electrons. The Labute approximate surface area is 123 Å². The van der Waals surface area contributed by atoms with Gasteiger partial charge in [-0.15, -0.1) is 0 Å². The van der Waals surface area contributed by atoms with Crippen molar-refractivity contribution in [2.45, 2.75) is 77.4 Å². The number of nitrogens with one attached hydrogen (secondary N) is 1. The van der Waals surface area contributed by atoms with Gasteiger partial charge in [-0.1, -0.05) is 26.7 Å². The van der Waals surface area contributed by atoms with Crippen LogP contribution in [-0.4, -0.2) is 35.9 Å². The highest BCUT2D eigenvalue weighted by Gasteiger charge is 2.31. The molecule has 20 heavy (non-hydrogen) atoms. The Morgan fingerprint density at radius 3 is 2.75 bits per heavy atom. The number of hydrogen-bond acceptors (Lipinski definition) is 3. The molecule has 0 spiro atoms. The summed E-state index contributed by atoms with van der Waals surface area (Å²) in [6, 6.07) is 0. The zero-order valence-electron chi connectivity index (χ0n) is 13.3. The first-order valence-electron chi connectivity index (χ1n) is 8.08. The Bertz CT molecular complexity index is 295. The maximum Gasteiger partial charge on any atom is 0.323 e. The van der Waals surface area contributed by atoms with E-state index in [4.69, 9.17) is 4.74 Å². The smallest absolute Gasteiger partial charge is 0.323 e. The molecule has 3 unspecified atom stereocenters. The fourth-order valence-electron chi connectivity index (χ4n) is 3.02. The van der Waals surface area contributed by atoms with Crippen molar-refractivity contribution in [1.29, 1.82) is 0 Å². The number of unbranched alkanes of at least 4 members (excludes halogenated alkanes) is 1. The molecule has 0 aromatic carbocycles. The maximum absolute atomic E-state index is 11.3. The van der Waals surface area contributed by atoms with Crippen molar-refractivity contribution < 1.29 is 14.6 Å². The van der Waals surface area contributed by atoms with Crippen LogP contribution in [0.25, 0.3) is 0 Å². The largest absolute Gasteiger partial charge is 0.480 e. The van der Waals surface area contributed by atoms with Crippen LogP contribution in [0.4, 0.5) is 0 Å². The van der Waals surface area contributed by atoms with Crippen LogP contribution in [0.5, 0.6) is 0 Å². The Balaban J connectivity index is 2.15. The molecule has 1 rings (SSSR count). The predicted octanol–water partition coefficient (Wildman–Crippen LogP) is 3.20. The van der Waals surface area contributed by atoms with Crippen molar-refractivity contribution in [3.8, 4) is 0 Å². The minimum absolute atomic E-state index is 0.429. The van der Waals surface area contributed by atoms with Gasteiger partial charge < -0.3 is 15.2 Å². The molecule has 0 aromatic rings. The molecule has 0 radical (unpaired) electrons. The average molecular weight is 285 g/mol. The van der Waals surface area contributed by atoms with Gasteiger partial charge in [0.05, 0.1) is 6.10 Å². The van der Waals surface area contributed by atoms with E-state index in [9.17, 15) is 9.90 Å². The molecule has 4 nitrogen and oxygen atoms in total. The summed E-state index contributed by atoms with van der Waals surface area (Å²) in [6.45, 7) is 7.44. The van der Waals surface area contributed by atoms with Crippen molar-refractivity contribution in [3.05, 3.63) is 0 Å². The number of likely N-dealkylation sites (N-methyl/N-ethyl adjacent to an activating group) is 1. The number of carboxylic acids is 1. The number of hydrogen-bond donors (Lipinski definition) is 2. The minimum atomic E-state index is -0.798. The molecule has 0 aromatic heterocycles. The lowest BCUT2D eigenvalue weighted by atomic mass is 9.89. The third-order valence-corrected chi connectivity index (χ3v) is 4.35. The van der Waals surface area contributed by atoms with E-state index in [1.807, 2.05) is 6.92 Å². The lowest BCUT2D eigenvalue weighted by Crippen LogP contribution is -2.49. The zero-order valence-corrected chi connectivity index (χ0v) is 13.3. The normalized spacial score (nSPS) is 26.1. The molecule has 3 atom stereocenters. The molecule has 0 amide bonds. The van der Waals surface area contributed by atoms with Gasteiger partial charge in [0.25, 0.3) is 0 Å². The molecule has 0 aliphatic heterocycles. The summed E-state index contributed by atoms with van der Waals surface area (Å²) in [5.74, 6) is 0.0270. The second-order valence-electron chi connectivity index (χ2n) is 6.39. The summed E-state index contributed by atoms with van der Waals surface area (Å²) < 4.78 is 5.92. The Morgan fingerprint density at radius 1 is 1.40 bits per heavy atom. The maximum atomic E-state index is 11.3. The van der Waals surface area contributed by atoms with Crippen LogP contribution in [0.3, 0.4) is 0 Å². The highest BCUT2D eigenvalue weighted by molar-refractivity contribution is 5.78. The topological polar surface area (TPSA) is 58.6 Å². The highest BCUT2D eigenvalue weighted by atomic mass is 16.5. The standard InChI is InChI=1S/C16H31NO3/c1-4-17-16(3,15(18)19)10-5-6-11-20-14-9-7-8-13(2)12-14/h13-14,17H,4-12H2,1-3H3,(H,18,19). The van der Waals surface area contributed by atoms with Crippen LogP contribution in [0.2, 0.25) is 0 Å². The first-order valence-corrected chi connectivity index (χ1v) is 8.08. The van der Waals surface area contributed by atoms with Crippen LogP contribution in [0.15, 0.2) is 0 Å². The summed E-state index contributed by atoms with van der Waals surface area (Å²) in [4.78, 5) is 11.3. The first-order chi connectivity index (χ1) is 9.48. The number of carboxylic acid groups (broad SMARTS) is 1. The number of carbonyl (C=O) groups is 1. The van der Waals surface area contributed by atoms with E-state index in [1.54, 1.807) is 6.92 Å². The van der Waals surface area contributed by atoms with Gasteiger partial charge >= 0.3 is 5.97 Å². The van der Waals surface area contributed by atoms with E-state index in [0.29, 0.717) is 19.1 Å². The third-order valence-electron chi connectivity index (χ3n) is 4.35. The average Bonchev–Trinajstić information content (AvgIpc) is 2.38. The molecule has 1 fully saturated rings. The van der Waals surface area contributed by atoms with Crippen LogP contribution in [0, 0.1) is 5.92 Å². The molecular formula is C16H31NO3. The Kier molecular flexibility index (Phi) is 7.52. The summed E-state index contributed by atoms with van der Waals surface area (Å²) >= 11 is 0. The predicted molar refractivity (Wildman–Crippen MR) is 80.9 cm³/mol. The molecule has 1 saturated carbocycles. The van der Waals surface area contributed by atoms with Crippen LogP contribution < -0.4 is 5.32 Å². The molecule has 0 heterocycles. The summed E-state index contributed by atoms with van der Waals surface area (Å²) in [7, 11) is 0. The second-order valence-corrected chi connectivity index (χ2v) is 6.39. The fraction of sp³-hybridized carbons (Fsp3) is 0.938. The van der Waals surface area contributed by atoms with Crippen LogP contribution in [0.1, 0.15) is 65.7 Å². The number of rotatable bonds is 9. The first kappa shape index (κ1) is 17.4. The van der Waals surface area contributed by atoms with Crippen molar-refractivity contribution in [2.75, 3.05) is 13.2 Å². The van der Waals surface area contributed by atoms with Crippen molar-refractivity contribution in [1.82, 2.24) is 5.32 Å². The molecule has 0 bridgehead atoms. The van der Waals surface area contributed by atoms with Crippen LogP contribution >= 0.6 is 0 Å². The Hall–Kier alpha value is -0.610. The molecular weight excluding hydrogens is 254 g/mol. The second kappa shape index (κ2) is 8.63.